The van der Waals surface area contributed by atoms with Gasteiger partial charge < -0.3 is 4.74 Å². The molecule has 0 radical (unpaired) electrons. The van der Waals surface area contributed by atoms with Crippen molar-refractivity contribution in [2.45, 2.75) is 20.0 Å². The minimum atomic E-state index is 0.290. The maximum atomic E-state index is 5.44. The van der Waals surface area contributed by atoms with Crippen molar-refractivity contribution in [3.05, 3.63) is 0 Å². The third kappa shape index (κ3) is 2.64. The second-order valence-corrected chi connectivity index (χ2v) is 2.70. The maximum Gasteiger partial charge on any atom is 0.0737 e. The van der Waals surface area contributed by atoms with Crippen LogP contribution in [0.15, 0.2) is 0 Å². The molecule has 1 rings (SSSR count). The highest BCUT2D eigenvalue weighted by atomic mass is 16.7. The number of rotatable bonds is 2. The van der Waals surface area contributed by atoms with Crippen molar-refractivity contribution in [1.82, 2.24) is 5.06 Å². The molecule has 0 unspecified atom stereocenters. The fourth-order valence-electron chi connectivity index (χ4n) is 0.950. The topological polar surface area (TPSA) is 21.7 Å². The van der Waals surface area contributed by atoms with Gasteiger partial charge in [0.2, 0.25) is 0 Å². The Kier molecular flexibility index (Phi) is 3.12. The first-order valence-electron chi connectivity index (χ1n) is 3.78. The Balaban J connectivity index is 2.13. The quantitative estimate of drug-likeness (QED) is 0.569. The van der Waals surface area contributed by atoms with Gasteiger partial charge in [-0.2, -0.15) is 5.06 Å². The monoisotopic (exact) mass is 145 g/mol. The number of nitrogens with zero attached hydrogens (tertiary/aromatic N) is 1. The maximum absolute atomic E-state index is 5.44. The van der Waals surface area contributed by atoms with Crippen LogP contribution in [0.25, 0.3) is 0 Å². The van der Waals surface area contributed by atoms with Gasteiger partial charge >= 0.3 is 0 Å². The van der Waals surface area contributed by atoms with Crippen LogP contribution in [0, 0.1) is 0 Å². The van der Waals surface area contributed by atoms with E-state index in [9.17, 15) is 0 Å². The third-order valence-electron chi connectivity index (χ3n) is 1.33. The van der Waals surface area contributed by atoms with Gasteiger partial charge in [0.25, 0.3) is 0 Å². The molecule has 3 nitrogen and oxygen atoms in total. The molecule has 0 bridgehead atoms. The van der Waals surface area contributed by atoms with Gasteiger partial charge in [-0.25, -0.2) is 0 Å². The fraction of sp³-hybridized carbons (Fsp3) is 1.00. The molecule has 0 saturated carbocycles. The fourth-order valence-corrected chi connectivity index (χ4v) is 0.950. The lowest BCUT2D eigenvalue weighted by atomic mass is 10.5. The van der Waals surface area contributed by atoms with Crippen LogP contribution in [0.1, 0.15) is 13.8 Å². The van der Waals surface area contributed by atoms with E-state index < -0.39 is 0 Å². The van der Waals surface area contributed by atoms with Crippen LogP contribution in [-0.2, 0) is 9.57 Å². The molecule has 0 amide bonds. The Morgan fingerprint density at radius 3 is 2.40 bits per heavy atom. The molecule has 0 spiro atoms. The summed E-state index contributed by atoms with van der Waals surface area (Å²) in [4.78, 5) is 5.44. The molecular weight excluding hydrogens is 130 g/mol. The van der Waals surface area contributed by atoms with E-state index in [2.05, 4.69) is 0 Å². The van der Waals surface area contributed by atoms with Gasteiger partial charge in [0.1, 0.15) is 0 Å². The summed E-state index contributed by atoms with van der Waals surface area (Å²) in [6, 6.07) is 0. The van der Waals surface area contributed by atoms with Gasteiger partial charge in [0, 0.05) is 13.1 Å². The van der Waals surface area contributed by atoms with Crippen molar-refractivity contribution in [2.75, 3.05) is 26.3 Å². The van der Waals surface area contributed by atoms with Crippen LogP contribution in [0.3, 0.4) is 0 Å². The van der Waals surface area contributed by atoms with E-state index in [1.807, 2.05) is 18.9 Å². The standard InChI is InChI=1S/C7H15NO2/c1-7(2)10-8-3-5-9-6-4-8/h7H,3-6H2,1-2H3. The molecule has 0 atom stereocenters. The van der Waals surface area contributed by atoms with Gasteiger partial charge in [-0.15, -0.1) is 0 Å². The Bertz CT molecular complexity index is 89.6. The highest BCUT2D eigenvalue weighted by molar-refractivity contribution is 4.52. The van der Waals surface area contributed by atoms with E-state index in [0.29, 0.717) is 0 Å². The molecule has 1 saturated heterocycles. The van der Waals surface area contributed by atoms with Crippen LogP contribution >= 0.6 is 0 Å². The average molecular weight is 145 g/mol. The lowest BCUT2D eigenvalue weighted by molar-refractivity contribution is -0.216. The zero-order valence-electron chi connectivity index (χ0n) is 6.67. The van der Waals surface area contributed by atoms with Crippen LogP contribution in [0.4, 0.5) is 0 Å². The predicted molar refractivity (Wildman–Crippen MR) is 38.6 cm³/mol. The van der Waals surface area contributed by atoms with Crippen LogP contribution in [-0.4, -0.2) is 37.5 Å². The van der Waals surface area contributed by atoms with E-state index in [1.165, 1.54) is 0 Å². The molecular formula is C7H15NO2. The highest BCUT2D eigenvalue weighted by Crippen LogP contribution is 2.00. The highest BCUT2D eigenvalue weighted by Gasteiger charge is 2.11. The Hall–Kier alpha value is -0.120. The lowest BCUT2D eigenvalue weighted by Crippen LogP contribution is -2.37. The Morgan fingerprint density at radius 1 is 1.30 bits per heavy atom. The molecule has 0 aromatic heterocycles. The van der Waals surface area contributed by atoms with Crippen LogP contribution < -0.4 is 0 Å². The van der Waals surface area contributed by atoms with Crippen LogP contribution in [0.5, 0.6) is 0 Å². The Morgan fingerprint density at radius 2 is 1.90 bits per heavy atom. The van der Waals surface area contributed by atoms with Gasteiger partial charge in [-0.1, -0.05) is 0 Å². The molecule has 0 aromatic rings. The summed E-state index contributed by atoms with van der Waals surface area (Å²) >= 11 is 0. The first-order chi connectivity index (χ1) is 4.79. The van der Waals surface area contributed by atoms with E-state index >= 15 is 0 Å². The smallest absolute Gasteiger partial charge is 0.0737 e. The SMILES string of the molecule is CC(C)ON1CCOCC1. The molecule has 1 aliphatic rings. The van der Waals surface area contributed by atoms with E-state index in [1.54, 1.807) is 0 Å². The summed E-state index contributed by atoms with van der Waals surface area (Å²) in [6.07, 6.45) is 0.290. The summed E-state index contributed by atoms with van der Waals surface area (Å²) in [5.41, 5.74) is 0. The average Bonchev–Trinajstić information content (AvgIpc) is 1.88. The number of hydrogen-bond acceptors (Lipinski definition) is 3. The molecule has 0 aliphatic carbocycles. The van der Waals surface area contributed by atoms with Gasteiger partial charge in [0.15, 0.2) is 0 Å². The summed E-state index contributed by atoms with van der Waals surface area (Å²) in [7, 11) is 0. The second-order valence-electron chi connectivity index (χ2n) is 2.70. The van der Waals surface area contributed by atoms with Gasteiger partial charge in [-0.05, 0) is 13.8 Å². The molecule has 60 valence electrons. The number of hydroxylamine groups is 2. The molecule has 1 aliphatic heterocycles. The summed E-state index contributed by atoms with van der Waals surface area (Å²) < 4.78 is 5.16. The first-order valence-corrected chi connectivity index (χ1v) is 3.78. The van der Waals surface area contributed by atoms with Crippen LogP contribution in [0.2, 0.25) is 0 Å². The zero-order valence-corrected chi connectivity index (χ0v) is 6.67. The number of morpholine rings is 1. The minimum absolute atomic E-state index is 0.290. The lowest BCUT2D eigenvalue weighted by Gasteiger charge is -2.27. The van der Waals surface area contributed by atoms with E-state index in [4.69, 9.17) is 9.57 Å². The first kappa shape index (κ1) is 7.98. The predicted octanol–water partition coefficient (Wildman–Crippen LogP) is 0.659. The largest absolute Gasteiger partial charge is 0.379 e. The zero-order chi connectivity index (χ0) is 7.40. The molecule has 3 heteroatoms. The van der Waals surface area contributed by atoms with Crippen molar-refractivity contribution in [3.8, 4) is 0 Å². The van der Waals surface area contributed by atoms with Crippen molar-refractivity contribution in [2.24, 2.45) is 0 Å². The van der Waals surface area contributed by atoms with Gasteiger partial charge in [0.05, 0.1) is 19.3 Å². The van der Waals surface area contributed by atoms with Crippen molar-refractivity contribution < 1.29 is 9.57 Å². The van der Waals surface area contributed by atoms with E-state index in [0.717, 1.165) is 26.3 Å². The normalized spacial score (nSPS) is 21.9. The van der Waals surface area contributed by atoms with Crippen molar-refractivity contribution in [3.63, 3.8) is 0 Å². The van der Waals surface area contributed by atoms with Gasteiger partial charge in [-0.3, -0.25) is 4.84 Å². The van der Waals surface area contributed by atoms with Crippen molar-refractivity contribution in [1.29, 1.82) is 0 Å². The molecule has 1 heterocycles. The molecule has 10 heavy (non-hydrogen) atoms. The third-order valence-corrected chi connectivity index (χ3v) is 1.33. The summed E-state index contributed by atoms with van der Waals surface area (Å²) in [5.74, 6) is 0. The second kappa shape index (κ2) is 3.91. The van der Waals surface area contributed by atoms with E-state index in [-0.39, 0.29) is 6.10 Å². The molecule has 0 aromatic carbocycles. The number of ether oxygens (including phenoxy) is 1. The summed E-state index contributed by atoms with van der Waals surface area (Å²) in [5, 5.41) is 1.97. The number of hydrogen-bond donors (Lipinski definition) is 0. The summed E-state index contributed by atoms with van der Waals surface area (Å²) in [6.45, 7) is 7.47. The molecule has 1 fully saturated rings. The molecule has 0 N–H and O–H groups in total. The minimum Gasteiger partial charge on any atom is -0.379 e. The van der Waals surface area contributed by atoms with Crippen molar-refractivity contribution >= 4 is 0 Å². The Labute approximate surface area is 61.9 Å².